The molecule has 1 fully saturated rings. The standard InChI is InChI=1S/C14H19F3N4O/c1-8-18-10(14(15,16)17)6-11(19-8)20-9-5-12(22)21(7-9)13(2,3)4/h6,9H,5,7H2,1-4H3,(H,18,19,20). The van der Waals surface area contributed by atoms with Crippen molar-refractivity contribution in [2.45, 2.75) is 51.9 Å². The maximum atomic E-state index is 12.8. The maximum Gasteiger partial charge on any atom is 0.433 e. The van der Waals surface area contributed by atoms with Crippen LogP contribution in [-0.2, 0) is 11.0 Å². The summed E-state index contributed by atoms with van der Waals surface area (Å²) >= 11 is 0. The van der Waals surface area contributed by atoms with E-state index in [1.165, 1.54) is 6.92 Å². The summed E-state index contributed by atoms with van der Waals surface area (Å²) in [5.74, 6) is 0.106. The Balaban J connectivity index is 2.16. The Labute approximate surface area is 126 Å². The third kappa shape index (κ3) is 3.66. The Morgan fingerprint density at radius 3 is 2.41 bits per heavy atom. The first-order valence-corrected chi connectivity index (χ1v) is 6.97. The van der Waals surface area contributed by atoms with E-state index in [2.05, 4.69) is 15.3 Å². The molecule has 1 saturated heterocycles. The number of rotatable bonds is 2. The Morgan fingerprint density at radius 2 is 1.91 bits per heavy atom. The fraction of sp³-hybridized carbons (Fsp3) is 0.643. The minimum atomic E-state index is -4.52. The summed E-state index contributed by atoms with van der Waals surface area (Å²) in [6, 6.07) is 0.610. The average molecular weight is 316 g/mol. The van der Waals surface area contributed by atoms with E-state index in [0.717, 1.165) is 6.07 Å². The van der Waals surface area contributed by atoms with Gasteiger partial charge in [-0.1, -0.05) is 0 Å². The highest BCUT2D eigenvalue weighted by Crippen LogP contribution is 2.29. The van der Waals surface area contributed by atoms with Gasteiger partial charge in [0.05, 0.1) is 6.04 Å². The van der Waals surface area contributed by atoms with Gasteiger partial charge in [0.1, 0.15) is 17.3 Å². The molecule has 0 bridgehead atoms. The molecule has 0 spiro atoms. The van der Waals surface area contributed by atoms with Crippen molar-refractivity contribution >= 4 is 11.7 Å². The van der Waals surface area contributed by atoms with Crippen LogP contribution in [0, 0.1) is 6.92 Å². The highest BCUT2D eigenvalue weighted by molar-refractivity contribution is 5.80. The summed E-state index contributed by atoms with van der Waals surface area (Å²) in [5.41, 5.74) is -1.30. The minimum absolute atomic E-state index is 0.0215. The van der Waals surface area contributed by atoms with Crippen molar-refractivity contribution in [3.63, 3.8) is 0 Å². The molecule has 0 aliphatic carbocycles. The van der Waals surface area contributed by atoms with Gasteiger partial charge in [0.15, 0.2) is 0 Å². The summed E-state index contributed by atoms with van der Waals surface area (Å²) in [7, 11) is 0. The van der Waals surface area contributed by atoms with E-state index >= 15 is 0 Å². The van der Waals surface area contributed by atoms with Crippen LogP contribution >= 0.6 is 0 Å². The Kier molecular flexibility index (Phi) is 4.06. The molecule has 22 heavy (non-hydrogen) atoms. The van der Waals surface area contributed by atoms with Crippen molar-refractivity contribution < 1.29 is 18.0 Å². The number of carbonyl (C=O) groups excluding carboxylic acids is 1. The second kappa shape index (κ2) is 5.40. The van der Waals surface area contributed by atoms with Gasteiger partial charge >= 0.3 is 6.18 Å². The smallest absolute Gasteiger partial charge is 0.365 e. The molecule has 2 rings (SSSR count). The Hall–Kier alpha value is -1.86. The number of hydrogen-bond donors (Lipinski definition) is 1. The highest BCUT2D eigenvalue weighted by Gasteiger charge is 2.37. The van der Waals surface area contributed by atoms with Gasteiger partial charge in [-0.3, -0.25) is 4.79 Å². The van der Waals surface area contributed by atoms with Crippen LogP contribution in [0.4, 0.5) is 19.0 Å². The molecule has 0 radical (unpaired) electrons. The summed E-state index contributed by atoms with van der Waals surface area (Å²) in [4.78, 5) is 21.1. The molecule has 1 N–H and O–H groups in total. The van der Waals surface area contributed by atoms with Gasteiger partial charge in [0.2, 0.25) is 5.91 Å². The van der Waals surface area contributed by atoms with Crippen LogP contribution < -0.4 is 5.32 Å². The number of carbonyl (C=O) groups is 1. The van der Waals surface area contributed by atoms with E-state index in [9.17, 15) is 18.0 Å². The number of alkyl halides is 3. The number of aryl methyl sites for hydroxylation is 1. The number of aromatic nitrogens is 2. The molecule has 1 unspecified atom stereocenters. The lowest BCUT2D eigenvalue weighted by molar-refractivity contribution is -0.141. The summed E-state index contributed by atoms with van der Waals surface area (Å²) in [6.07, 6.45) is -4.28. The molecule has 1 aliphatic heterocycles. The van der Waals surface area contributed by atoms with Gasteiger partial charge in [0, 0.05) is 24.6 Å². The van der Waals surface area contributed by atoms with Crippen LogP contribution in [0.1, 0.15) is 38.7 Å². The number of nitrogens with zero attached hydrogens (tertiary/aromatic N) is 3. The van der Waals surface area contributed by atoms with Gasteiger partial charge in [0.25, 0.3) is 0 Å². The number of nitrogens with one attached hydrogen (secondary N) is 1. The van der Waals surface area contributed by atoms with Gasteiger partial charge in [-0.05, 0) is 27.7 Å². The fourth-order valence-corrected chi connectivity index (χ4v) is 2.45. The van der Waals surface area contributed by atoms with Crippen LogP contribution in [0.3, 0.4) is 0 Å². The average Bonchev–Trinajstić information content (AvgIpc) is 2.68. The van der Waals surface area contributed by atoms with Crippen molar-refractivity contribution in [1.82, 2.24) is 14.9 Å². The monoisotopic (exact) mass is 316 g/mol. The van der Waals surface area contributed by atoms with E-state index in [0.29, 0.717) is 6.54 Å². The molecule has 1 amide bonds. The third-order valence-electron chi connectivity index (χ3n) is 3.42. The zero-order valence-corrected chi connectivity index (χ0v) is 13.0. The normalized spacial score (nSPS) is 19.7. The van der Waals surface area contributed by atoms with E-state index in [1.807, 2.05) is 20.8 Å². The van der Waals surface area contributed by atoms with Crippen molar-refractivity contribution in [3.05, 3.63) is 17.6 Å². The molecule has 1 aromatic heterocycles. The van der Waals surface area contributed by atoms with Crippen LogP contribution in [0.2, 0.25) is 0 Å². The number of hydrogen-bond acceptors (Lipinski definition) is 4. The molecule has 0 aromatic carbocycles. The summed E-state index contributed by atoms with van der Waals surface area (Å²) < 4.78 is 38.3. The molecular weight excluding hydrogens is 297 g/mol. The molecule has 5 nitrogen and oxygen atoms in total. The first-order valence-electron chi connectivity index (χ1n) is 6.97. The third-order valence-corrected chi connectivity index (χ3v) is 3.42. The molecule has 1 aromatic rings. The lowest BCUT2D eigenvalue weighted by Gasteiger charge is -2.32. The number of anilines is 1. The SMILES string of the molecule is Cc1nc(NC2CC(=O)N(C(C)(C)C)C2)cc(C(F)(F)F)n1. The number of likely N-dealkylation sites (tertiary alicyclic amines) is 1. The zero-order chi connectivity index (χ0) is 16.7. The first kappa shape index (κ1) is 16.5. The topological polar surface area (TPSA) is 58.1 Å². The van der Waals surface area contributed by atoms with Crippen molar-refractivity contribution in [3.8, 4) is 0 Å². The summed E-state index contributed by atoms with van der Waals surface area (Å²) in [5, 5.41) is 2.91. The molecule has 8 heteroatoms. The lowest BCUT2D eigenvalue weighted by atomic mass is 10.1. The van der Waals surface area contributed by atoms with Crippen LogP contribution in [-0.4, -0.2) is 38.9 Å². The second-order valence-corrected chi connectivity index (χ2v) is 6.40. The zero-order valence-electron chi connectivity index (χ0n) is 13.0. The van der Waals surface area contributed by atoms with E-state index in [-0.39, 0.29) is 35.6 Å². The number of amides is 1. The second-order valence-electron chi connectivity index (χ2n) is 6.40. The fourth-order valence-electron chi connectivity index (χ4n) is 2.45. The Morgan fingerprint density at radius 1 is 1.27 bits per heavy atom. The molecule has 2 heterocycles. The van der Waals surface area contributed by atoms with Crippen LogP contribution in [0.5, 0.6) is 0 Å². The molecular formula is C14H19F3N4O. The summed E-state index contributed by atoms with van der Waals surface area (Å²) in [6.45, 7) is 7.60. The van der Waals surface area contributed by atoms with Crippen molar-refractivity contribution in [2.24, 2.45) is 0 Å². The van der Waals surface area contributed by atoms with Crippen LogP contribution in [0.15, 0.2) is 6.07 Å². The van der Waals surface area contributed by atoms with Gasteiger partial charge in [-0.15, -0.1) is 0 Å². The van der Waals surface area contributed by atoms with E-state index in [1.54, 1.807) is 4.90 Å². The van der Waals surface area contributed by atoms with E-state index in [4.69, 9.17) is 0 Å². The van der Waals surface area contributed by atoms with Crippen LogP contribution in [0.25, 0.3) is 0 Å². The minimum Gasteiger partial charge on any atom is -0.365 e. The predicted molar refractivity (Wildman–Crippen MR) is 75.3 cm³/mol. The van der Waals surface area contributed by atoms with Gasteiger partial charge in [-0.25, -0.2) is 9.97 Å². The largest absolute Gasteiger partial charge is 0.433 e. The molecule has 1 atom stereocenters. The highest BCUT2D eigenvalue weighted by atomic mass is 19.4. The quantitative estimate of drug-likeness (QED) is 0.911. The molecule has 0 saturated carbocycles. The maximum absolute atomic E-state index is 12.8. The van der Waals surface area contributed by atoms with E-state index < -0.39 is 11.9 Å². The van der Waals surface area contributed by atoms with Crippen molar-refractivity contribution in [2.75, 3.05) is 11.9 Å². The van der Waals surface area contributed by atoms with Gasteiger partial charge < -0.3 is 10.2 Å². The predicted octanol–water partition coefficient (Wildman–Crippen LogP) is 2.62. The Bertz CT molecular complexity index is 580. The van der Waals surface area contributed by atoms with Crippen molar-refractivity contribution in [1.29, 1.82) is 0 Å². The number of halogens is 3. The molecule has 1 aliphatic rings. The van der Waals surface area contributed by atoms with Gasteiger partial charge in [-0.2, -0.15) is 13.2 Å². The first-order chi connectivity index (χ1) is 9.96. The molecule has 122 valence electrons. The lowest BCUT2D eigenvalue weighted by Crippen LogP contribution is -2.43.